The normalized spacial score (nSPS) is 40.1. The van der Waals surface area contributed by atoms with Crippen LogP contribution in [-0.4, -0.2) is 46.4 Å². The van der Waals surface area contributed by atoms with E-state index in [1.807, 2.05) is 55.6 Å². The van der Waals surface area contributed by atoms with Gasteiger partial charge in [0.05, 0.1) is 11.7 Å². The first-order chi connectivity index (χ1) is 18.6. The molecule has 204 valence electrons. The van der Waals surface area contributed by atoms with Crippen LogP contribution in [0.4, 0.5) is 0 Å². The van der Waals surface area contributed by atoms with Crippen molar-refractivity contribution in [1.29, 1.82) is 0 Å². The molecule has 9 unspecified atom stereocenters. The summed E-state index contributed by atoms with van der Waals surface area (Å²) in [5.41, 5.74) is 0.604. The summed E-state index contributed by atoms with van der Waals surface area (Å²) in [6, 6.07) is 7.61. The highest BCUT2D eigenvalue weighted by Crippen LogP contribution is 2.66. The lowest BCUT2D eigenvalue weighted by molar-refractivity contribution is -0.145. The Morgan fingerprint density at radius 1 is 1.15 bits per heavy atom. The van der Waals surface area contributed by atoms with Crippen LogP contribution in [-0.2, 0) is 25.5 Å². The molecule has 3 fully saturated rings. The van der Waals surface area contributed by atoms with E-state index in [1.54, 1.807) is 6.92 Å². The van der Waals surface area contributed by atoms with E-state index in [0.717, 1.165) is 22.5 Å². The van der Waals surface area contributed by atoms with E-state index in [9.17, 15) is 19.5 Å². The van der Waals surface area contributed by atoms with E-state index >= 15 is 0 Å². The van der Waals surface area contributed by atoms with Gasteiger partial charge in [-0.25, -0.2) is 0 Å². The number of amides is 1. The molecular weight excluding hydrogens is 492 g/mol. The highest BCUT2D eigenvalue weighted by Gasteiger charge is 2.78. The van der Waals surface area contributed by atoms with E-state index in [2.05, 4.69) is 24.1 Å². The number of aliphatic hydroxyl groups is 1. The monoisotopic (exact) mass is 527 g/mol. The van der Waals surface area contributed by atoms with Gasteiger partial charge in [-0.05, 0) is 61.6 Å². The Morgan fingerprint density at radius 2 is 1.92 bits per heavy atom. The van der Waals surface area contributed by atoms with Crippen LogP contribution in [0.2, 0.25) is 0 Å². The third kappa shape index (κ3) is 3.81. The molecule has 0 bridgehead atoms. The number of para-hydroxylation sites is 1. The summed E-state index contributed by atoms with van der Waals surface area (Å²) >= 11 is 0. The average Bonchev–Trinajstić information content (AvgIpc) is 3.31. The lowest BCUT2D eigenvalue weighted by atomic mass is 9.51. The van der Waals surface area contributed by atoms with Crippen LogP contribution in [0.15, 0.2) is 66.4 Å². The Kier molecular flexibility index (Phi) is 6.08. The maximum absolute atomic E-state index is 14.2. The largest absolute Gasteiger partial charge is 0.663 e. The molecule has 0 radical (unpaired) electrons. The second-order valence-electron chi connectivity index (χ2n) is 12.1. The van der Waals surface area contributed by atoms with Crippen LogP contribution in [0.5, 0.6) is 0 Å². The highest BCUT2D eigenvalue weighted by atomic mass is 16.6. The standard InChI is InChI=1S/C32H35N2O5/c1-17-8-7-10-22-29-31(4,39-29)19(3)27-24(15-20-16-33-23-11-6-5-9-21(20)23)34-30(38)32(22,27)26(36)13-12-25(35)28(37)18(2)14-17/h5-7,9-14,16-17,19,22,24,27-29,37H,8,15H2,1-4H3,(H,34,38)/q-1. The molecule has 1 saturated carbocycles. The number of fused-ring (bicyclic) bond motifs is 3. The first-order valence-electron chi connectivity index (χ1n) is 13.9. The topological polar surface area (TPSA) is 110 Å². The van der Waals surface area contributed by atoms with Gasteiger partial charge in [0.1, 0.15) is 11.5 Å². The third-order valence-electron chi connectivity index (χ3n) is 9.79. The summed E-state index contributed by atoms with van der Waals surface area (Å²) in [4.78, 5) is 45.7. The smallest absolute Gasteiger partial charge is 0.235 e. The van der Waals surface area contributed by atoms with Crippen molar-refractivity contribution < 1.29 is 24.2 Å². The molecule has 1 amide bonds. The van der Waals surface area contributed by atoms with Crippen molar-refractivity contribution in [3.63, 3.8) is 0 Å². The number of aromatic nitrogens is 1. The minimum absolute atomic E-state index is 0.0631. The Balaban J connectivity index is 1.46. The van der Waals surface area contributed by atoms with Gasteiger partial charge in [-0.1, -0.05) is 61.9 Å². The van der Waals surface area contributed by atoms with Crippen LogP contribution in [0.1, 0.15) is 39.7 Å². The van der Waals surface area contributed by atoms with Gasteiger partial charge in [-0.15, -0.1) is 5.52 Å². The van der Waals surface area contributed by atoms with Crippen molar-refractivity contribution in [2.24, 2.45) is 29.1 Å². The summed E-state index contributed by atoms with van der Waals surface area (Å²) in [5.74, 6) is -2.17. The molecule has 2 aromatic rings. The van der Waals surface area contributed by atoms with E-state index in [1.165, 1.54) is 6.08 Å². The second-order valence-corrected chi connectivity index (χ2v) is 12.1. The van der Waals surface area contributed by atoms with Crippen LogP contribution in [0, 0.1) is 29.1 Å². The van der Waals surface area contributed by atoms with Crippen molar-refractivity contribution in [2.45, 2.75) is 64.4 Å². The molecule has 9 atom stereocenters. The molecule has 2 aliphatic heterocycles. The number of aliphatic hydroxyl groups excluding tert-OH is 1. The van der Waals surface area contributed by atoms with Gasteiger partial charge in [0, 0.05) is 17.9 Å². The van der Waals surface area contributed by atoms with Crippen LogP contribution in [0.3, 0.4) is 0 Å². The minimum atomic E-state index is -1.42. The van der Waals surface area contributed by atoms with Crippen molar-refractivity contribution >= 4 is 28.4 Å². The minimum Gasteiger partial charge on any atom is -0.663 e. The molecule has 3 heterocycles. The zero-order chi connectivity index (χ0) is 27.7. The van der Waals surface area contributed by atoms with Crippen LogP contribution in [0.25, 0.3) is 10.9 Å². The molecule has 2 N–H and O–H groups in total. The van der Waals surface area contributed by atoms with Gasteiger partial charge in [-0.3, -0.25) is 14.4 Å². The number of epoxide rings is 1. The number of carbonyl (C=O) groups is 3. The number of ketones is 2. The maximum atomic E-state index is 14.2. The van der Waals surface area contributed by atoms with Gasteiger partial charge >= 0.3 is 0 Å². The summed E-state index contributed by atoms with van der Waals surface area (Å²) < 4.78 is 6.32. The predicted molar refractivity (Wildman–Crippen MR) is 147 cm³/mol. The zero-order valence-electron chi connectivity index (χ0n) is 22.8. The fourth-order valence-corrected chi connectivity index (χ4v) is 7.60. The van der Waals surface area contributed by atoms with Crippen molar-refractivity contribution in [1.82, 2.24) is 10.3 Å². The number of nitrogens with zero attached hydrogens (tertiary/aromatic N) is 1. The van der Waals surface area contributed by atoms with E-state index in [0.29, 0.717) is 18.4 Å². The number of benzene rings is 1. The zero-order valence-corrected chi connectivity index (χ0v) is 22.8. The highest BCUT2D eigenvalue weighted by molar-refractivity contribution is 6.15. The Hall–Kier alpha value is -3.29. The first kappa shape index (κ1) is 26.0. The molecule has 1 aromatic heterocycles. The molecule has 6 rings (SSSR count). The number of nitrogens with one attached hydrogen (secondary N) is 1. The molecule has 1 aromatic carbocycles. The first-order valence-corrected chi connectivity index (χ1v) is 13.9. The predicted octanol–water partition coefficient (Wildman–Crippen LogP) is 3.46. The van der Waals surface area contributed by atoms with Gasteiger partial charge < -0.3 is 20.1 Å². The van der Waals surface area contributed by atoms with E-state index < -0.39 is 34.6 Å². The number of carbonyl (C=O) groups excluding carboxylic acids is 3. The molecule has 4 aliphatic rings. The van der Waals surface area contributed by atoms with Gasteiger partial charge in [-0.2, -0.15) is 6.20 Å². The van der Waals surface area contributed by atoms with Crippen LogP contribution >= 0.6 is 0 Å². The molecule has 2 saturated heterocycles. The fraction of sp³-hybridized carbons (Fsp3) is 0.469. The number of hydrogen-bond acceptors (Lipinski definition) is 5. The molecule has 1 spiro atoms. The molecular formula is C32H35N2O5-. The number of allylic oxidation sites excluding steroid dienone is 3. The number of hydrogen-bond donors (Lipinski definition) is 2. The SMILES string of the molecule is CC1=CC(C)CC=CC2C3OC3(C)C(C)C3C(Cc4c[n-]c5ccccc45)NC(=O)C23C(=O)C=CC(=O)C1O. The molecule has 39 heavy (non-hydrogen) atoms. The molecule has 2 aliphatic carbocycles. The Morgan fingerprint density at radius 3 is 2.72 bits per heavy atom. The molecule has 7 heteroatoms. The Bertz CT molecular complexity index is 1450. The quantitative estimate of drug-likeness (QED) is 0.352. The fourth-order valence-electron chi connectivity index (χ4n) is 7.60. The van der Waals surface area contributed by atoms with Gasteiger partial charge in [0.15, 0.2) is 11.6 Å². The van der Waals surface area contributed by atoms with E-state index in [-0.39, 0.29) is 35.8 Å². The Labute approximate surface area is 228 Å². The van der Waals surface area contributed by atoms with Crippen LogP contribution < -0.4 is 10.3 Å². The van der Waals surface area contributed by atoms with Gasteiger partial charge in [0.25, 0.3) is 0 Å². The van der Waals surface area contributed by atoms with Crippen molar-refractivity contribution in [2.75, 3.05) is 0 Å². The van der Waals surface area contributed by atoms with Crippen molar-refractivity contribution in [3.8, 4) is 0 Å². The maximum Gasteiger partial charge on any atom is 0.235 e. The summed E-state index contributed by atoms with van der Waals surface area (Å²) in [6.45, 7) is 7.88. The summed E-state index contributed by atoms with van der Waals surface area (Å²) in [6.07, 6.45) is 9.70. The summed E-state index contributed by atoms with van der Waals surface area (Å²) in [7, 11) is 0. The third-order valence-corrected chi connectivity index (χ3v) is 9.79. The van der Waals surface area contributed by atoms with Crippen molar-refractivity contribution in [3.05, 3.63) is 72.0 Å². The lowest BCUT2D eigenvalue weighted by Crippen LogP contribution is -2.58. The molecule has 7 nitrogen and oxygen atoms in total. The summed E-state index contributed by atoms with van der Waals surface area (Å²) in [5, 5.41) is 14.8. The average molecular weight is 528 g/mol. The number of rotatable bonds is 2. The van der Waals surface area contributed by atoms with E-state index in [4.69, 9.17) is 4.74 Å². The number of ether oxygens (including phenoxy) is 1. The second kappa shape index (κ2) is 9.14. The lowest BCUT2D eigenvalue weighted by Gasteiger charge is -2.45. The van der Waals surface area contributed by atoms with Gasteiger partial charge in [0.2, 0.25) is 5.91 Å².